The van der Waals surface area contributed by atoms with Crippen LogP contribution in [0.5, 0.6) is 0 Å². The smallest absolute Gasteiger partial charge is 0.247 e. The zero-order valence-corrected chi connectivity index (χ0v) is 9.09. The third-order valence-corrected chi connectivity index (χ3v) is 3.39. The van der Waals surface area contributed by atoms with Crippen molar-refractivity contribution in [2.24, 2.45) is 0 Å². The Morgan fingerprint density at radius 1 is 1.50 bits per heavy atom. The van der Waals surface area contributed by atoms with Gasteiger partial charge in [-0.1, -0.05) is 0 Å². The van der Waals surface area contributed by atoms with E-state index in [4.69, 9.17) is 11.6 Å². The fourth-order valence-corrected chi connectivity index (χ4v) is 2.56. The predicted octanol–water partition coefficient (Wildman–Crippen LogP) is 2.33. The van der Waals surface area contributed by atoms with Gasteiger partial charge in [0.05, 0.1) is 6.04 Å². The highest BCUT2D eigenvalue weighted by molar-refractivity contribution is 6.17. The van der Waals surface area contributed by atoms with Crippen LogP contribution in [0.15, 0.2) is 11.6 Å². The average molecular weight is 214 g/mol. The molecule has 0 aromatic heterocycles. The zero-order valence-electron chi connectivity index (χ0n) is 8.34. The predicted molar refractivity (Wildman–Crippen MR) is 57.4 cm³/mol. The highest BCUT2D eigenvalue weighted by Crippen LogP contribution is 2.30. The van der Waals surface area contributed by atoms with E-state index in [1.54, 1.807) is 0 Å². The minimum atomic E-state index is 0.222. The second kappa shape index (κ2) is 4.35. The van der Waals surface area contributed by atoms with Crippen molar-refractivity contribution in [1.29, 1.82) is 0 Å². The van der Waals surface area contributed by atoms with Crippen LogP contribution in [0.3, 0.4) is 0 Å². The maximum Gasteiger partial charge on any atom is 0.247 e. The lowest BCUT2D eigenvalue weighted by Crippen LogP contribution is -2.39. The highest BCUT2D eigenvalue weighted by Gasteiger charge is 2.33. The number of alkyl halides is 1. The number of hydrogen-bond donors (Lipinski definition) is 0. The molecule has 2 nitrogen and oxygen atoms in total. The maximum absolute atomic E-state index is 11.6. The van der Waals surface area contributed by atoms with Gasteiger partial charge >= 0.3 is 0 Å². The largest absolute Gasteiger partial charge is 0.332 e. The number of rotatable bonds is 3. The third kappa shape index (κ3) is 1.81. The normalized spacial score (nSPS) is 26.4. The van der Waals surface area contributed by atoms with Gasteiger partial charge in [-0.2, -0.15) is 0 Å². The van der Waals surface area contributed by atoms with Gasteiger partial charge in [0.15, 0.2) is 0 Å². The molecule has 78 valence electrons. The molecule has 1 fully saturated rings. The molecule has 1 atom stereocenters. The van der Waals surface area contributed by atoms with Gasteiger partial charge in [-0.15, -0.1) is 11.6 Å². The monoisotopic (exact) mass is 213 g/mol. The van der Waals surface area contributed by atoms with E-state index in [1.807, 2.05) is 11.0 Å². The van der Waals surface area contributed by atoms with Gasteiger partial charge in [0, 0.05) is 18.5 Å². The summed E-state index contributed by atoms with van der Waals surface area (Å²) in [6, 6.07) is 0.416. The van der Waals surface area contributed by atoms with E-state index in [-0.39, 0.29) is 5.91 Å². The van der Waals surface area contributed by atoms with Crippen molar-refractivity contribution in [3.63, 3.8) is 0 Å². The molecule has 2 heterocycles. The molecule has 1 amide bonds. The molecule has 0 aliphatic carbocycles. The fourth-order valence-electron chi connectivity index (χ4n) is 2.43. The van der Waals surface area contributed by atoms with Crippen LogP contribution in [0.25, 0.3) is 0 Å². The first-order valence-electron chi connectivity index (χ1n) is 5.40. The second-order valence-electron chi connectivity index (χ2n) is 4.05. The Morgan fingerprint density at radius 3 is 3.14 bits per heavy atom. The van der Waals surface area contributed by atoms with Crippen molar-refractivity contribution in [1.82, 2.24) is 4.90 Å². The van der Waals surface area contributed by atoms with Gasteiger partial charge in [0.25, 0.3) is 0 Å². The van der Waals surface area contributed by atoms with Crippen LogP contribution in [0, 0.1) is 0 Å². The first-order chi connectivity index (χ1) is 6.83. The van der Waals surface area contributed by atoms with Crippen LogP contribution in [-0.2, 0) is 4.79 Å². The molecule has 0 radical (unpaired) electrons. The number of carbonyl (C=O) groups excluding carboxylic acids is 1. The van der Waals surface area contributed by atoms with Crippen molar-refractivity contribution < 1.29 is 4.79 Å². The molecule has 2 rings (SSSR count). The van der Waals surface area contributed by atoms with Gasteiger partial charge in [0.1, 0.15) is 0 Å². The molecule has 1 unspecified atom stereocenters. The lowest BCUT2D eigenvalue weighted by atomic mass is 9.96. The fraction of sp³-hybridized carbons (Fsp3) is 0.727. The van der Waals surface area contributed by atoms with Gasteiger partial charge in [-0.25, -0.2) is 0 Å². The number of amides is 1. The van der Waals surface area contributed by atoms with Crippen LogP contribution in [-0.4, -0.2) is 29.3 Å². The van der Waals surface area contributed by atoms with Crippen LogP contribution in [0.1, 0.15) is 32.1 Å². The van der Waals surface area contributed by atoms with E-state index in [9.17, 15) is 4.79 Å². The summed E-state index contributed by atoms with van der Waals surface area (Å²) < 4.78 is 0. The summed E-state index contributed by atoms with van der Waals surface area (Å²) in [7, 11) is 0. The molecule has 0 bridgehead atoms. The molecule has 0 aromatic rings. The molecular formula is C11H16ClNO. The highest BCUT2D eigenvalue weighted by atomic mass is 35.5. The first-order valence-corrected chi connectivity index (χ1v) is 5.93. The maximum atomic E-state index is 11.6. The van der Waals surface area contributed by atoms with Crippen LogP contribution < -0.4 is 0 Å². The zero-order chi connectivity index (χ0) is 9.97. The van der Waals surface area contributed by atoms with Crippen molar-refractivity contribution >= 4 is 17.5 Å². The van der Waals surface area contributed by atoms with Crippen LogP contribution in [0.2, 0.25) is 0 Å². The Hall–Kier alpha value is -0.500. The molecule has 0 aromatic carbocycles. The molecule has 2 aliphatic rings. The molecule has 0 saturated carbocycles. The summed E-state index contributed by atoms with van der Waals surface area (Å²) in [6.45, 7) is 0.949. The number of carbonyl (C=O) groups is 1. The average Bonchev–Trinajstić information content (AvgIpc) is 2.54. The summed E-state index contributed by atoms with van der Waals surface area (Å²) in [6.07, 6.45) is 7.40. The van der Waals surface area contributed by atoms with E-state index in [0.29, 0.717) is 11.9 Å². The Kier molecular flexibility index (Phi) is 3.12. The summed E-state index contributed by atoms with van der Waals surface area (Å²) in [4.78, 5) is 13.6. The number of fused-ring (bicyclic) bond motifs is 1. The van der Waals surface area contributed by atoms with Gasteiger partial charge in [-0.3, -0.25) is 4.79 Å². The molecule has 0 spiro atoms. The Bertz CT molecular complexity index is 262. The quantitative estimate of drug-likeness (QED) is 0.659. The van der Waals surface area contributed by atoms with E-state index in [2.05, 4.69) is 0 Å². The summed E-state index contributed by atoms with van der Waals surface area (Å²) >= 11 is 5.67. The molecule has 1 saturated heterocycles. The summed E-state index contributed by atoms with van der Waals surface area (Å²) in [5, 5.41) is 0. The Morgan fingerprint density at radius 2 is 2.36 bits per heavy atom. The lowest BCUT2D eigenvalue weighted by molar-refractivity contribution is -0.127. The molecular weight excluding hydrogens is 198 g/mol. The van der Waals surface area contributed by atoms with Gasteiger partial charge < -0.3 is 4.90 Å². The van der Waals surface area contributed by atoms with E-state index >= 15 is 0 Å². The first kappa shape index (κ1) is 10.0. The van der Waals surface area contributed by atoms with Crippen molar-refractivity contribution in [2.75, 3.05) is 12.4 Å². The molecule has 3 heteroatoms. The molecule has 2 aliphatic heterocycles. The standard InChI is InChI=1S/C11H16ClNO/c12-6-3-4-9-8-11(14)13-7-2-1-5-10(9)13/h8,10H,1-7H2. The topological polar surface area (TPSA) is 20.3 Å². The Balaban J connectivity index is 2.02. The number of halogens is 1. The van der Waals surface area contributed by atoms with Crippen LogP contribution >= 0.6 is 11.6 Å². The van der Waals surface area contributed by atoms with Crippen molar-refractivity contribution in [3.8, 4) is 0 Å². The van der Waals surface area contributed by atoms with E-state index in [1.165, 1.54) is 18.4 Å². The van der Waals surface area contributed by atoms with Crippen molar-refractivity contribution in [3.05, 3.63) is 11.6 Å². The number of hydrogen-bond acceptors (Lipinski definition) is 1. The summed E-state index contributed by atoms with van der Waals surface area (Å²) in [5.74, 6) is 0.914. The minimum absolute atomic E-state index is 0.222. The second-order valence-corrected chi connectivity index (χ2v) is 4.43. The molecule has 0 N–H and O–H groups in total. The van der Waals surface area contributed by atoms with E-state index < -0.39 is 0 Å². The van der Waals surface area contributed by atoms with Crippen LogP contribution in [0.4, 0.5) is 0 Å². The molecule has 14 heavy (non-hydrogen) atoms. The van der Waals surface area contributed by atoms with Gasteiger partial charge in [0.2, 0.25) is 5.91 Å². The van der Waals surface area contributed by atoms with E-state index in [0.717, 1.165) is 25.8 Å². The SMILES string of the molecule is O=C1C=C(CCCCl)C2CCCCN12. The minimum Gasteiger partial charge on any atom is -0.332 e. The number of piperidine rings is 1. The third-order valence-electron chi connectivity index (χ3n) is 3.12. The number of nitrogens with zero attached hydrogens (tertiary/aromatic N) is 1. The van der Waals surface area contributed by atoms with Gasteiger partial charge in [-0.05, 0) is 37.7 Å². The Labute approximate surface area is 89.9 Å². The van der Waals surface area contributed by atoms with Crippen molar-refractivity contribution in [2.45, 2.75) is 38.1 Å². The lowest BCUT2D eigenvalue weighted by Gasteiger charge is -2.31. The summed E-state index contributed by atoms with van der Waals surface area (Å²) in [5.41, 5.74) is 1.32.